The largest absolute Gasteiger partial charge is 1.00 e. The standard InChI is InChI=1S/C4H11NO3.CH5O4P.Na.H/c5-4(1-6,2-7)3-8;1-5-6(2,3)4;;/h6-8H,1-3,5H2;1H3,(H2,2,3,4);;/q;;+1;-1. The van der Waals surface area contributed by atoms with Crippen LogP contribution in [0.4, 0.5) is 0 Å². The predicted octanol–water partition coefficient (Wildman–Crippen LogP) is -5.50. The van der Waals surface area contributed by atoms with Crippen molar-refractivity contribution in [2.24, 2.45) is 5.73 Å². The smallest absolute Gasteiger partial charge is 1.00 e. The van der Waals surface area contributed by atoms with Crippen molar-refractivity contribution >= 4 is 7.82 Å². The first kappa shape index (κ1) is 21.3. The van der Waals surface area contributed by atoms with Crippen LogP contribution in [0.15, 0.2) is 0 Å². The molecule has 10 heteroatoms. The van der Waals surface area contributed by atoms with Crippen molar-refractivity contribution in [1.82, 2.24) is 0 Å². The second-order valence-electron chi connectivity index (χ2n) is 2.51. The number of phosphoric acid groups is 1. The van der Waals surface area contributed by atoms with Gasteiger partial charge in [0.05, 0.1) is 25.4 Å². The molecule has 90 valence electrons. The molecule has 0 unspecified atom stereocenters. The summed E-state index contributed by atoms with van der Waals surface area (Å²) >= 11 is 0. The van der Waals surface area contributed by atoms with Gasteiger partial charge in [0.2, 0.25) is 0 Å². The molecule has 0 aromatic rings. The molecule has 0 amide bonds. The van der Waals surface area contributed by atoms with Crippen LogP contribution in [-0.4, -0.2) is 57.6 Å². The molecule has 0 aliphatic rings. The van der Waals surface area contributed by atoms with Gasteiger partial charge in [-0.25, -0.2) is 4.57 Å². The second-order valence-corrected chi connectivity index (χ2v) is 3.86. The van der Waals surface area contributed by atoms with E-state index in [-0.39, 0.29) is 31.0 Å². The van der Waals surface area contributed by atoms with Crippen LogP contribution in [0, 0.1) is 0 Å². The SMILES string of the molecule is COP(=O)(O)O.NC(CO)(CO)CO.[H-].[Na+]. The van der Waals surface area contributed by atoms with Gasteiger partial charge in [0, 0.05) is 7.11 Å². The zero-order chi connectivity index (χ0) is 11.8. The van der Waals surface area contributed by atoms with Gasteiger partial charge >= 0.3 is 37.4 Å². The summed E-state index contributed by atoms with van der Waals surface area (Å²) < 4.78 is 13.1. The average Bonchev–Trinajstić information content (AvgIpc) is 2.16. The fourth-order valence-electron chi connectivity index (χ4n) is 0.150. The monoisotopic (exact) mass is 257 g/mol. The molecule has 0 aliphatic carbocycles. The van der Waals surface area contributed by atoms with Crippen molar-refractivity contribution < 1.29 is 65.2 Å². The summed E-state index contributed by atoms with van der Waals surface area (Å²) in [6, 6.07) is 0. The first-order valence-electron chi connectivity index (χ1n) is 3.47. The minimum Gasteiger partial charge on any atom is -1.00 e. The maximum atomic E-state index is 9.47. The van der Waals surface area contributed by atoms with Gasteiger partial charge < -0.3 is 32.3 Å². The van der Waals surface area contributed by atoms with Crippen molar-refractivity contribution in [1.29, 1.82) is 0 Å². The molecule has 0 atom stereocenters. The Hall–Kier alpha value is 0.950. The Labute approximate surface area is 111 Å². The van der Waals surface area contributed by atoms with Gasteiger partial charge in [-0.3, -0.25) is 4.52 Å². The van der Waals surface area contributed by atoms with E-state index in [2.05, 4.69) is 4.52 Å². The molecule has 0 radical (unpaired) electrons. The Bertz CT molecular complexity index is 179. The Morgan fingerprint density at radius 3 is 1.47 bits per heavy atom. The van der Waals surface area contributed by atoms with E-state index in [4.69, 9.17) is 30.8 Å². The second kappa shape index (κ2) is 10.1. The van der Waals surface area contributed by atoms with Crippen LogP contribution in [0.1, 0.15) is 1.43 Å². The van der Waals surface area contributed by atoms with E-state index < -0.39 is 33.2 Å². The summed E-state index contributed by atoms with van der Waals surface area (Å²) in [6.45, 7) is -1.21. The van der Waals surface area contributed by atoms with E-state index in [1.165, 1.54) is 0 Å². The number of hydrogen-bond acceptors (Lipinski definition) is 6. The molecule has 8 nitrogen and oxygen atoms in total. The summed E-state index contributed by atoms with van der Waals surface area (Å²) in [6.07, 6.45) is 0. The number of aliphatic hydroxyl groups is 3. The molecule has 0 rings (SSSR count). The summed E-state index contributed by atoms with van der Waals surface area (Å²) in [4.78, 5) is 15.4. The van der Waals surface area contributed by atoms with Crippen molar-refractivity contribution in [3.05, 3.63) is 0 Å². The maximum absolute atomic E-state index is 9.47. The van der Waals surface area contributed by atoms with Crippen LogP contribution in [0.5, 0.6) is 0 Å². The first-order chi connectivity index (χ1) is 6.24. The van der Waals surface area contributed by atoms with Crippen LogP contribution in [0.2, 0.25) is 0 Å². The normalized spacial score (nSPS) is 11.1. The fourth-order valence-corrected chi connectivity index (χ4v) is 0.150. The Morgan fingerprint density at radius 1 is 1.27 bits per heavy atom. The van der Waals surface area contributed by atoms with Crippen molar-refractivity contribution in [2.45, 2.75) is 5.54 Å². The molecule has 0 saturated carbocycles. The molecule has 15 heavy (non-hydrogen) atoms. The molecular formula is C5H17NNaO7P. The number of nitrogens with two attached hydrogens (primary N) is 1. The third-order valence-corrected chi connectivity index (χ3v) is 1.66. The molecule has 0 saturated heterocycles. The third-order valence-electron chi connectivity index (χ3n) is 1.18. The van der Waals surface area contributed by atoms with Gasteiger partial charge in [0.25, 0.3) is 0 Å². The number of rotatable bonds is 4. The van der Waals surface area contributed by atoms with Crippen LogP contribution in [0.3, 0.4) is 0 Å². The Balaban J connectivity index is -0.0000000825. The molecular weight excluding hydrogens is 240 g/mol. The van der Waals surface area contributed by atoms with E-state index in [0.29, 0.717) is 0 Å². The summed E-state index contributed by atoms with van der Waals surface area (Å²) in [5.74, 6) is 0. The van der Waals surface area contributed by atoms with Gasteiger partial charge in [-0.15, -0.1) is 0 Å². The van der Waals surface area contributed by atoms with E-state index in [1.807, 2.05) is 0 Å². The molecule has 0 bridgehead atoms. The quantitative estimate of drug-likeness (QED) is 0.215. The Morgan fingerprint density at radius 2 is 1.47 bits per heavy atom. The minimum absolute atomic E-state index is 0. The molecule has 7 N–H and O–H groups in total. The predicted molar refractivity (Wildman–Crippen MR) is 48.3 cm³/mol. The van der Waals surface area contributed by atoms with Crippen molar-refractivity contribution in [3.63, 3.8) is 0 Å². The zero-order valence-corrected chi connectivity index (χ0v) is 11.6. The zero-order valence-electron chi connectivity index (χ0n) is 9.70. The van der Waals surface area contributed by atoms with E-state index >= 15 is 0 Å². The molecule has 0 heterocycles. The van der Waals surface area contributed by atoms with Gasteiger partial charge in [0.15, 0.2) is 0 Å². The van der Waals surface area contributed by atoms with Crippen LogP contribution < -0.4 is 35.3 Å². The molecule has 0 aromatic heterocycles. The number of aliphatic hydroxyl groups excluding tert-OH is 3. The fraction of sp³-hybridized carbons (Fsp3) is 1.00. The van der Waals surface area contributed by atoms with E-state index in [0.717, 1.165) is 7.11 Å². The molecule has 0 spiro atoms. The third kappa shape index (κ3) is 14.9. The minimum atomic E-state index is -4.15. The van der Waals surface area contributed by atoms with Gasteiger partial charge in [-0.05, 0) is 0 Å². The molecule has 0 aliphatic heterocycles. The van der Waals surface area contributed by atoms with E-state index in [9.17, 15) is 4.57 Å². The summed E-state index contributed by atoms with van der Waals surface area (Å²) in [5.41, 5.74) is 3.94. The van der Waals surface area contributed by atoms with Crippen LogP contribution in [0.25, 0.3) is 0 Å². The number of phosphoric ester groups is 1. The molecule has 0 fully saturated rings. The first-order valence-corrected chi connectivity index (χ1v) is 5.00. The maximum Gasteiger partial charge on any atom is 1.00 e. The van der Waals surface area contributed by atoms with Crippen LogP contribution >= 0.6 is 7.82 Å². The molecule has 0 aromatic carbocycles. The Kier molecular flexibility index (Phi) is 14.4. The van der Waals surface area contributed by atoms with Gasteiger partial charge in [0.1, 0.15) is 0 Å². The van der Waals surface area contributed by atoms with Crippen LogP contribution in [-0.2, 0) is 9.09 Å². The average molecular weight is 257 g/mol. The summed E-state index contributed by atoms with van der Waals surface area (Å²) in [5, 5.41) is 25.0. The number of hydrogen-bond donors (Lipinski definition) is 6. The summed E-state index contributed by atoms with van der Waals surface area (Å²) in [7, 11) is -3.20. The van der Waals surface area contributed by atoms with Crippen molar-refractivity contribution in [2.75, 3.05) is 26.9 Å². The van der Waals surface area contributed by atoms with Crippen molar-refractivity contribution in [3.8, 4) is 0 Å². The van der Waals surface area contributed by atoms with Gasteiger partial charge in [-0.2, -0.15) is 0 Å². The van der Waals surface area contributed by atoms with E-state index in [1.54, 1.807) is 0 Å². The van der Waals surface area contributed by atoms with Gasteiger partial charge in [-0.1, -0.05) is 0 Å². The topological polar surface area (TPSA) is 153 Å².